The Morgan fingerprint density at radius 1 is 1.15 bits per heavy atom. The van der Waals surface area contributed by atoms with Gasteiger partial charge in [-0.3, -0.25) is 4.79 Å². The molecule has 2 aromatic rings. The largest absolute Gasteiger partial charge is 0.366 e. The summed E-state index contributed by atoms with van der Waals surface area (Å²) in [6.45, 7) is 13.0. The summed E-state index contributed by atoms with van der Waals surface area (Å²) >= 11 is 0. The lowest BCUT2D eigenvalue weighted by Gasteiger charge is -2.25. The van der Waals surface area contributed by atoms with Gasteiger partial charge in [-0.1, -0.05) is 41.5 Å². The van der Waals surface area contributed by atoms with Crippen molar-refractivity contribution in [3.8, 4) is 0 Å². The van der Waals surface area contributed by atoms with Gasteiger partial charge in [0.25, 0.3) is 0 Å². The second-order valence-electron chi connectivity index (χ2n) is 7.32. The molecule has 0 unspecified atom stereocenters. The highest BCUT2D eigenvalue weighted by Gasteiger charge is 2.30. The summed E-state index contributed by atoms with van der Waals surface area (Å²) in [4.78, 5) is 16.1. The van der Waals surface area contributed by atoms with E-state index in [2.05, 4.69) is 45.9 Å². The minimum absolute atomic E-state index is 0.0315. The summed E-state index contributed by atoms with van der Waals surface area (Å²) in [7, 11) is 0. The van der Waals surface area contributed by atoms with Gasteiger partial charge in [0.15, 0.2) is 0 Å². The maximum Gasteiger partial charge on any atom is 0.248 e. The summed E-state index contributed by atoms with van der Waals surface area (Å²) < 4.78 is 2.06. The van der Waals surface area contributed by atoms with Gasteiger partial charge in [0.2, 0.25) is 5.91 Å². The number of nitrogens with two attached hydrogens (primary N) is 1. The first-order valence-electron chi connectivity index (χ1n) is 6.84. The summed E-state index contributed by atoms with van der Waals surface area (Å²) in [6, 6.07) is 3.51. The van der Waals surface area contributed by atoms with Crippen LogP contribution in [0.2, 0.25) is 0 Å². The van der Waals surface area contributed by atoms with Crippen LogP contribution in [0.1, 0.15) is 63.3 Å². The zero-order valence-electron chi connectivity index (χ0n) is 13.1. The molecule has 0 fully saturated rings. The second-order valence-corrected chi connectivity index (χ2v) is 7.32. The molecule has 2 rings (SSSR count). The van der Waals surface area contributed by atoms with Crippen molar-refractivity contribution < 1.29 is 4.79 Å². The summed E-state index contributed by atoms with van der Waals surface area (Å²) in [6.07, 6.45) is 1.89. The normalized spacial score (nSPS) is 12.9. The number of rotatable bonds is 1. The van der Waals surface area contributed by atoms with Crippen LogP contribution < -0.4 is 5.73 Å². The molecule has 20 heavy (non-hydrogen) atoms. The molecule has 0 saturated carbocycles. The molecule has 108 valence electrons. The molecule has 0 radical (unpaired) electrons. The lowest BCUT2D eigenvalue weighted by atomic mass is 9.82. The second kappa shape index (κ2) is 4.33. The van der Waals surface area contributed by atoms with Crippen molar-refractivity contribution >= 4 is 11.6 Å². The number of aromatic nitrogens is 2. The van der Waals surface area contributed by atoms with Gasteiger partial charge in [-0.15, -0.1) is 0 Å². The minimum Gasteiger partial charge on any atom is -0.366 e. The van der Waals surface area contributed by atoms with Crippen LogP contribution in [0.25, 0.3) is 5.65 Å². The van der Waals surface area contributed by atoms with Crippen molar-refractivity contribution in [1.82, 2.24) is 9.38 Å². The van der Waals surface area contributed by atoms with Gasteiger partial charge in [-0.05, 0) is 12.1 Å². The number of primary amides is 1. The molecular formula is C16H23N3O. The van der Waals surface area contributed by atoms with Crippen LogP contribution in [0.5, 0.6) is 0 Å². The van der Waals surface area contributed by atoms with Gasteiger partial charge >= 0.3 is 0 Å². The molecule has 0 aromatic carbocycles. The Morgan fingerprint density at radius 3 is 2.20 bits per heavy atom. The number of nitrogens with zero attached hydrogens (tertiary/aromatic N) is 2. The number of amides is 1. The summed E-state index contributed by atoms with van der Waals surface area (Å²) in [5, 5.41) is 0. The van der Waals surface area contributed by atoms with Gasteiger partial charge in [-0.25, -0.2) is 4.98 Å². The number of hydrogen-bond donors (Lipinski definition) is 1. The number of carbonyl (C=O) groups excluding carboxylic acids is 1. The predicted octanol–water partition coefficient (Wildman–Crippen LogP) is 3.03. The van der Waals surface area contributed by atoms with E-state index in [1.54, 1.807) is 12.1 Å². The van der Waals surface area contributed by atoms with E-state index >= 15 is 0 Å². The zero-order valence-corrected chi connectivity index (χ0v) is 13.1. The molecule has 1 amide bonds. The molecule has 0 atom stereocenters. The van der Waals surface area contributed by atoms with Crippen LogP contribution in [0.3, 0.4) is 0 Å². The monoisotopic (exact) mass is 273 g/mol. The first kappa shape index (κ1) is 14.6. The first-order valence-corrected chi connectivity index (χ1v) is 6.84. The number of carbonyl (C=O) groups is 1. The van der Waals surface area contributed by atoms with Crippen LogP contribution in [0, 0.1) is 0 Å². The maximum absolute atomic E-state index is 11.3. The zero-order chi connectivity index (χ0) is 15.3. The molecule has 0 bridgehead atoms. The van der Waals surface area contributed by atoms with Gasteiger partial charge in [-0.2, -0.15) is 0 Å². The maximum atomic E-state index is 11.3. The van der Waals surface area contributed by atoms with Crippen molar-refractivity contribution in [3.05, 3.63) is 35.3 Å². The summed E-state index contributed by atoms with van der Waals surface area (Å²) in [5.41, 5.74) is 8.76. The Morgan fingerprint density at radius 2 is 1.75 bits per heavy atom. The molecule has 0 aliphatic carbocycles. The molecular weight excluding hydrogens is 250 g/mol. The van der Waals surface area contributed by atoms with Gasteiger partial charge in [0, 0.05) is 22.6 Å². The Labute approximate surface area is 120 Å². The van der Waals surface area contributed by atoms with E-state index < -0.39 is 5.91 Å². The van der Waals surface area contributed by atoms with Crippen molar-refractivity contribution in [1.29, 1.82) is 0 Å². The van der Waals surface area contributed by atoms with E-state index in [-0.39, 0.29) is 10.8 Å². The third-order valence-electron chi connectivity index (χ3n) is 3.33. The topological polar surface area (TPSA) is 60.4 Å². The highest BCUT2D eigenvalue weighted by Crippen LogP contribution is 2.34. The molecule has 2 aromatic heterocycles. The van der Waals surface area contributed by atoms with E-state index in [1.807, 2.05) is 6.20 Å². The number of fused-ring (bicyclic) bond motifs is 1. The quantitative estimate of drug-likeness (QED) is 0.868. The van der Waals surface area contributed by atoms with Crippen LogP contribution >= 0.6 is 0 Å². The van der Waals surface area contributed by atoms with E-state index in [0.717, 1.165) is 11.3 Å². The van der Waals surface area contributed by atoms with E-state index in [0.29, 0.717) is 5.56 Å². The standard InChI is InChI=1S/C16H23N3O/c1-15(2,3)12-13(16(4,5)6)19-8-7-10(14(17)20)9-11(19)18-12/h7-9H,1-6H3,(H2,17,20). The molecule has 4 nitrogen and oxygen atoms in total. The Bertz CT molecular complexity index is 669. The van der Waals surface area contributed by atoms with Crippen molar-refractivity contribution in [2.24, 2.45) is 5.73 Å². The van der Waals surface area contributed by atoms with Crippen LogP contribution in [-0.4, -0.2) is 15.3 Å². The average molecular weight is 273 g/mol. The predicted molar refractivity (Wildman–Crippen MR) is 81.1 cm³/mol. The van der Waals surface area contributed by atoms with Crippen LogP contribution in [0.15, 0.2) is 18.3 Å². The molecule has 4 heteroatoms. The highest BCUT2D eigenvalue weighted by atomic mass is 16.1. The Kier molecular flexibility index (Phi) is 3.16. The van der Waals surface area contributed by atoms with Gasteiger partial charge in [0.05, 0.1) is 11.4 Å². The van der Waals surface area contributed by atoms with E-state index in [9.17, 15) is 4.79 Å². The van der Waals surface area contributed by atoms with Crippen molar-refractivity contribution in [3.63, 3.8) is 0 Å². The smallest absolute Gasteiger partial charge is 0.248 e. The fourth-order valence-electron chi connectivity index (χ4n) is 2.44. The SMILES string of the molecule is CC(C)(C)c1nc2cc(C(N)=O)ccn2c1C(C)(C)C. The fourth-order valence-corrected chi connectivity index (χ4v) is 2.44. The van der Waals surface area contributed by atoms with Gasteiger partial charge < -0.3 is 10.1 Å². The highest BCUT2D eigenvalue weighted by molar-refractivity contribution is 5.93. The minimum atomic E-state index is -0.426. The fraction of sp³-hybridized carbons (Fsp3) is 0.500. The third-order valence-corrected chi connectivity index (χ3v) is 3.33. The summed E-state index contributed by atoms with van der Waals surface area (Å²) in [5.74, 6) is -0.426. The van der Waals surface area contributed by atoms with Crippen LogP contribution in [-0.2, 0) is 10.8 Å². The lowest BCUT2D eigenvalue weighted by Crippen LogP contribution is -2.23. The molecule has 2 N–H and O–H groups in total. The van der Waals surface area contributed by atoms with Gasteiger partial charge in [0.1, 0.15) is 5.65 Å². The average Bonchev–Trinajstić information content (AvgIpc) is 2.65. The van der Waals surface area contributed by atoms with E-state index in [1.165, 1.54) is 5.69 Å². The molecule has 0 aliphatic rings. The van der Waals surface area contributed by atoms with Crippen molar-refractivity contribution in [2.45, 2.75) is 52.4 Å². The van der Waals surface area contributed by atoms with Crippen molar-refractivity contribution in [2.75, 3.05) is 0 Å². The Hall–Kier alpha value is -1.84. The Balaban J connectivity index is 2.83. The molecule has 0 saturated heterocycles. The molecule has 0 spiro atoms. The lowest BCUT2D eigenvalue weighted by molar-refractivity contribution is 0.100. The van der Waals surface area contributed by atoms with E-state index in [4.69, 9.17) is 10.7 Å². The number of imidazole rings is 1. The number of pyridine rings is 1. The number of hydrogen-bond acceptors (Lipinski definition) is 2. The third kappa shape index (κ3) is 2.42. The molecule has 2 heterocycles. The molecule has 0 aliphatic heterocycles. The first-order chi connectivity index (χ1) is 9.01. The van der Waals surface area contributed by atoms with Crippen LogP contribution in [0.4, 0.5) is 0 Å².